The highest BCUT2D eigenvalue weighted by Crippen LogP contribution is 2.19. The molecule has 0 aromatic carbocycles. The molecule has 1 unspecified atom stereocenters. The van der Waals surface area contributed by atoms with Crippen LogP contribution in [0, 0.1) is 5.92 Å². The van der Waals surface area contributed by atoms with Crippen molar-refractivity contribution >= 4 is 17.7 Å². The summed E-state index contributed by atoms with van der Waals surface area (Å²) in [7, 11) is 0. The summed E-state index contributed by atoms with van der Waals surface area (Å²) in [5.41, 5.74) is 0. The van der Waals surface area contributed by atoms with Crippen molar-refractivity contribution in [2.75, 3.05) is 0 Å². The van der Waals surface area contributed by atoms with Gasteiger partial charge in [0.2, 0.25) is 0 Å². The number of allylic oxidation sites excluding steroid dienone is 1. The van der Waals surface area contributed by atoms with Crippen LogP contribution < -0.4 is 0 Å². The van der Waals surface area contributed by atoms with Crippen molar-refractivity contribution in [1.82, 2.24) is 0 Å². The predicted molar refractivity (Wildman–Crippen MR) is 144 cm³/mol. The lowest BCUT2D eigenvalue weighted by Crippen LogP contribution is -1.93. The highest BCUT2D eigenvalue weighted by atomic mass is 16.4. The zero-order valence-electron chi connectivity index (χ0n) is 23.4. The minimum atomic E-state index is -0.833. The number of ketones is 1. The summed E-state index contributed by atoms with van der Waals surface area (Å²) >= 11 is 0. The summed E-state index contributed by atoms with van der Waals surface area (Å²) in [6.07, 6.45) is 17.3. The molecule has 200 valence electrons. The van der Waals surface area contributed by atoms with Crippen molar-refractivity contribution in [3.05, 3.63) is 12.7 Å². The molecule has 1 saturated carbocycles. The van der Waals surface area contributed by atoms with E-state index in [9.17, 15) is 9.59 Å². The molecular weight excluding hydrogens is 416 g/mol. The maximum absolute atomic E-state index is 10.5. The SMILES string of the molecule is C=CCCCCCC.CC.CC.CC(=O)O.CC1CCC(=O)C1.CCCCCCCC(=O)O. The third kappa shape index (κ3) is 65.1. The first-order valence-electron chi connectivity index (χ1n) is 13.2. The van der Waals surface area contributed by atoms with Gasteiger partial charge in [0.05, 0.1) is 0 Å². The third-order valence-electron chi connectivity index (χ3n) is 4.25. The van der Waals surface area contributed by atoms with Crippen molar-refractivity contribution in [2.45, 2.75) is 145 Å². The van der Waals surface area contributed by atoms with Crippen LogP contribution in [0.3, 0.4) is 0 Å². The Balaban J connectivity index is -0.000000103. The van der Waals surface area contributed by atoms with Crippen LogP contribution in [0.4, 0.5) is 0 Å². The molecule has 1 rings (SSSR count). The largest absolute Gasteiger partial charge is 0.481 e. The fourth-order valence-corrected chi connectivity index (χ4v) is 2.60. The molecule has 0 bridgehead atoms. The first-order chi connectivity index (χ1) is 15.7. The van der Waals surface area contributed by atoms with Gasteiger partial charge in [0.25, 0.3) is 5.97 Å². The Morgan fingerprint density at radius 3 is 1.61 bits per heavy atom. The van der Waals surface area contributed by atoms with Crippen LogP contribution in [0.15, 0.2) is 12.7 Å². The smallest absolute Gasteiger partial charge is 0.303 e. The molecule has 1 fully saturated rings. The first kappa shape index (κ1) is 41.6. The van der Waals surface area contributed by atoms with Crippen LogP contribution >= 0.6 is 0 Å². The van der Waals surface area contributed by atoms with E-state index in [-0.39, 0.29) is 0 Å². The van der Waals surface area contributed by atoms with Crippen molar-refractivity contribution in [3.63, 3.8) is 0 Å². The lowest BCUT2D eigenvalue weighted by molar-refractivity contribution is -0.137. The summed E-state index contributed by atoms with van der Waals surface area (Å²) in [6.45, 7) is 19.3. The van der Waals surface area contributed by atoms with E-state index in [0.29, 0.717) is 18.1 Å². The fraction of sp³-hybridized carbons (Fsp3) is 0.821. The Labute approximate surface area is 206 Å². The number of hydrogen-bond donors (Lipinski definition) is 2. The van der Waals surface area contributed by atoms with E-state index >= 15 is 0 Å². The monoisotopic (exact) mass is 474 g/mol. The molecule has 5 nitrogen and oxygen atoms in total. The second-order valence-corrected chi connectivity index (χ2v) is 7.60. The highest BCUT2D eigenvalue weighted by Gasteiger charge is 2.16. The number of carbonyl (C=O) groups is 3. The summed E-state index contributed by atoms with van der Waals surface area (Å²) < 4.78 is 0. The molecule has 1 aliphatic rings. The molecule has 0 spiro atoms. The van der Waals surface area contributed by atoms with Crippen LogP contribution in [-0.2, 0) is 14.4 Å². The standard InChI is InChI=1S/C8H16O2.C8H16.C6H10O.C2H4O2.2C2H6/c1-2-3-4-5-6-7-8(9)10;1-3-5-7-8-6-4-2;1-5-2-3-6(7)4-5;1-2(3)4;2*1-2/h2-7H2,1H3,(H,9,10);3H,1,4-8H2,2H3;5H,2-4H2,1H3;1H3,(H,3,4);2*1-2H3. The number of carbonyl (C=O) groups excluding carboxylic acids is 1. The van der Waals surface area contributed by atoms with Gasteiger partial charge in [-0.15, -0.1) is 6.58 Å². The van der Waals surface area contributed by atoms with Gasteiger partial charge in [-0.2, -0.15) is 0 Å². The zero-order chi connectivity index (χ0) is 26.9. The predicted octanol–water partition coefficient (Wildman–Crippen LogP) is 9.09. The summed E-state index contributed by atoms with van der Waals surface area (Å²) in [6, 6.07) is 0. The average Bonchev–Trinajstić information content (AvgIpc) is 3.17. The van der Waals surface area contributed by atoms with Gasteiger partial charge >= 0.3 is 5.97 Å². The van der Waals surface area contributed by atoms with E-state index < -0.39 is 11.9 Å². The van der Waals surface area contributed by atoms with Crippen molar-refractivity contribution < 1.29 is 24.6 Å². The van der Waals surface area contributed by atoms with E-state index in [4.69, 9.17) is 15.0 Å². The number of carboxylic acids is 2. The number of Topliss-reactive ketones (excluding diaryl/α,β-unsaturated/α-hetero) is 1. The van der Waals surface area contributed by atoms with Gasteiger partial charge in [0.15, 0.2) is 0 Å². The minimum absolute atomic E-state index is 0.337. The number of hydrogen-bond acceptors (Lipinski definition) is 3. The summed E-state index contributed by atoms with van der Waals surface area (Å²) in [5.74, 6) is -0.378. The lowest BCUT2D eigenvalue weighted by atomic mass is 10.1. The normalized spacial score (nSPS) is 13.0. The molecule has 0 amide bonds. The average molecular weight is 475 g/mol. The second kappa shape index (κ2) is 40.7. The van der Waals surface area contributed by atoms with Crippen LogP contribution in [0.2, 0.25) is 0 Å². The van der Waals surface area contributed by atoms with E-state index in [1.165, 1.54) is 51.4 Å². The Bertz CT molecular complexity index is 401. The molecule has 0 aromatic heterocycles. The maximum atomic E-state index is 10.5. The van der Waals surface area contributed by atoms with E-state index in [1.807, 2.05) is 33.8 Å². The zero-order valence-corrected chi connectivity index (χ0v) is 23.4. The van der Waals surface area contributed by atoms with Crippen LogP contribution in [-0.4, -0.2) is 27.9 Å². The quantitative estimate of drug-likeness (QED) is 0.230. The molecule has 0 aliphatic heterocycles. The molecule has 0 radical (unpaired) electrons. The molecule has 2 N–H and O–H groups in total. The third-order valence-corrected chi connectivity index (χ3v) is 4.25. The van der Waals surface area contributed by atoms with E-state index in [0.717, 1.165) is 39.0 Å². The second-order valence-electron chi connectivity index (χ2n) is 7.60. The van der Waals surface area contributed by atoms with Gasteiger partial charge in [-0.25, -0.2) is 0 Å². The van der Waals surface area contributed by atoms with Gasteiger partial charge in [-0.05, 0) is 31.6 Å². The van der Waals surface area contributed by atoms with Gasteiger partial charge in [-0.3, -0.25) is 14.4 Å². The Hall–Kier alpha value is -1.65. The molecule has 5 heteroatoms. The lowest BCUT2D eigenvalue weighted by Gasteiger charge is -1.95. The van der Waals surface area contributed by atoms with E-state index in [2.05, 4.69) is 27.4 Å². The summed E-state index contributed by atoms with van der Waals surface area (Å²) in [5, 5.41) is 15.7. The fourth-order valence-electron chi connectivity index (χ4n) is 2.60. The molecule has 1 atom stereocenters. The van der Waals surface area contributed by atoms with Gasteiger partial charge in [0.1, 0.15) is 5.78 Å². The van der Waals surface area contributed by atoms with Gasteiger partial charge in [0, 0.05) is 26.2 Å². The molecule has 1 aliphatic carbocycles. The number of aliphatic carboxylic acids is 2. The highest BCUT2D eigenvalue weighted by molar-refractivity contribution is 5.80. The number of unbranched alkanes of at least 4 members (excludes halogenated alkanes) is 8. The van der Waals surface area contributed by atoms with Crippen molar-refractivity contribution in [3.8, 4) is 0 Å². The Kier molecular flexibility index (Phi) is 51.3. The van der Waals surface area contributed by atoms with Crippen molar-refractivity contribution in [1.29, 1.82) is 0 Å². The number of rotatable bonds is 11. The molecule has 0 heterocycles. The topological polar surface area (TPSA) is 91.7 Å². The Morgan fingerprint density at radius 2 is 1.33 bits per heavy atom. The molecule has 0 aromatic rings. The van der Waals surface area contributed by atoms with Crippen LogP contribution in [0.5, 0.6) is 0 Å². The van der Waals surface area contributed by atoms with Crippen LogP contribution in [0.1, 0.15) is 145 Å². The molecule has 33 heavy (non-hydrogen) atoms. The van der Waals surface area contributed by atoms with Crippen LogP contribution in [0.25, 0.3) is 0 Å². The van der Waals surface area contributed by atoms with E-state index in [1.54, 1.807) is 0 Å². The van der Waals surface area contributed by atoms with Gasteiger partial charge in [-0.1, -0.05) is 99.5 Å². The van der Waals surface area contributed by atoms with Gasteiger partial charge < -0.3 is 10.2 Å². The summed E-state index contributed by atoms with van der Waals surface area (Å²) in [4.78, 5) is 29.5. The maximum Gasteiger partial charge on any atom is 0.303 e. The number of carboxylic acid groups (broad SMARTS) is 2. The minimum Gasteiger partial charge on any atom is -0.481 e. The van der Waals surface area contributed by atoms with Crippen molar-refractivity contribution in [2.24, 2.45) is 5.92 Å². The molecular formula is C28H58O5. The Morgan fingerprint density at radius 1 is 0.909 bits per heavy atom. The first-order valence-corrected chi connectivity index (χ1v) is 13.2. The molecule has 0 saturated heterocycles.